The summed E-state index contributed by atoms with van der Waals surface area (Å²) in [7, 11) is 2.19. The van der Waals surface area contributed by atoms with E-state index in [0.717, 1.165) is 38.0 Å². The SMILES string of the molecule is CN1CCc2c(cc(Nc3ncc(Cl)c(N4CC(C)(CO)C5=C4CCC=C5)n3)cc2C2CC2)C1. The second-order valence-corrected chi connectivity index (χ2v) is 11.0. The number of likely N-dealkylation sites (N-methyl/N-ethyl adjacent to an activating group) is 1. The second-order valence-electron chi connectivity index (χ2n) is 10.6. The summed E-state index contributed by atoms with van der Waals surface area (Å²) >= 11 is 6.63. The highest BCUT2D eigenvalue weighted by Crippen LogP contribution is 2.47. The maximum Gasteiger partial charge on any atom is 0.229 e. The fourth-order valence-electron chi connectivity index (χ4n) is 5.79. The van der Waals surface area contributed by atoms with Gasteiger partial charge in [0.15, 0.2) is 5.82 Å². The predicted octanol–water partition coefficient (Wildman–Crippen LogP) is 5.16. The molecule has 3 heterocycles. The van der Waals surface area contributed by atoms with Crippen LogP contribution in [0, 0.1) is 5.41 Å². The molecule has 2 aromatic rings. The number of benzene rings is 1. The maximum atomic E-state index is 10.2. The molecule has 7 heteroatoms. The van der Waals surface area contributed by atoms with Gasteiger partial charge in [0.2, 0.25) is 5.95 Å². The number of aliphatic hydroxyl groups is 1. The normalized spacial score (nSPS) is 24.4. The van der Waals surface area contributed by atoms with Crippen LogP contribution in [-0.2, 0) is 13.0 Å². The van der Waals surface area contributed by atoms with E-state index >= 15 is 0 Å². The topological polar surface area (TPSA) is 64.5 Å². The van der Waals surface area contributed by atoms with E-state index in [1.807, 2.05) is 0 Å². The van der Waals surface area contributed by atoms with Crippen LogP contribution in [0.1, 0.15) is 55.2 Å². The number of nitrogens with one attached hydrogen (secondary N) is 1. The van der Waals surface area contributed by atoms with E-state index < -0.39 is 0 Å². The van der Waals surface area contributed by atoms with Gasteiger partial charge in [0, 0.05) is 36.4 Å². The summed E-state index contributed by atoms with van der Waals surface area (Å²) in [6, 6.07) is 4.57. The lowest BCUT2D eigenvalue weighted by molar-refractivity contribution is 0.189. The predicted molar refractivity (Wildman–Crippen MR) is 137 cm³/mol. The minimum Gasteiger partial charge on any atom is -0.395 e. The molecule has 0 spiro atoms. The highest BCUT2D eigenvalue weighted by atomic mass is 35.5. The van der Waals surface area contributed by atoms with E-state index in [1.165, 1.54) is 35.2 Å². The van der Waals surface area contributed by atoms with Crippen molar-refractivity contribution < 1.29 is 5.11 Å². The molecule has 6 nitrogen and oxygen atoms in total. The lowest BCUT2D eigenvalue weighted by Gasteiger charge is -2.28. The average molecular weight is 478 g/mol. The Hall–Kier alpha value is -2.41. The third-order valence-corrected chi connectivity index (χ3v) is 8.06. The number of hydrogen-bond donors (Lipinski definition) is 2. The van der Waals surface area contributed by atoms with Crippen molar-refractivity contribution in [1.29, 1.82) is 0 Å². The Kier molecular flexibility index (Phi) is 5.43. The Bertz CT molecular complexity index is 1200. The molecule has 34 heavy (non-hydrogen) atoms. The molecule has 1 atom stereocenters. The molecular weight excluding hydrogens is 446 g/mol. The van der Waals surface area contributed by atoms with Crippen LogP contribution >= 0.6 is 11.6 Å². The number of aliphatic hydroxyl groups excluding tert-OH is 1. The highest BCUT2D eigenvalue weighted by molar-refractivity contribution is 6.33. The molecule has 1 saturated carbocycles. The second kappa shape index (κ2) is 8.36. The van der Waals surface area contributed by atoms with Gasteiger partial charge in [-0.3, -0.25) is 0 Å². The zero-order chi connectivity index (χ0) is 23.4. The van der Waals surface area contributed by atoms with E-state index in [0.29, 0.717) is 29.3 Å². The van der Waals surface area contributed by atoms with Crippen molar-refractivity contribution in [2.24, 2.45) is 5.41 Å². The van der Waals surface area contributed by atoms with Crippen LogP contribution in [0.15, 0.2) is 41.8 Å². The first-order valence-electron chi connectivity index (χ1n) is 12.4. The molecule has 2 aliphatic carbocycles. The zero-order valence-corrected chi connectivity index (χ0v) is 20.7. The van der Waals surface area contributed by atoms with Gasteiger partial charge in [-0.1, -0.05) is 30.7 Å². The van der Waals surface area contributed by atoms with Gasteiger partial charge in [0.1, 0.15) is 5.02 Å². The summed E-state index contributed by atoms with van der Waals surface area (Å²) < 4.78 is 0. The molecule has 2 N–H and O–H groups in total. The van der Waals surface area contributed by atoms with Gasteiger partial charge in [-0.2, -0.15) is 4.98 Å². The number of hydrogen-bond acceptors (Lipinski definition) is 6. The van der Waals surface area contributed by atoms with Crippen LogP contribution in [0.5, 0.6) is 0 Å². The van der Waals surface area contributed by atoms with Gasteiger partial charge in [0.05, 0.1) is 12.8 Å². The lowest BCUT2D eigenvalue weighted by atomic mass is 9.82. The first kappa shape index (κ1) is 22.1. The van der Waals surface area contributed by atoms with Crippen molar-refractivity contribution in [1.82, 2.24) is 14.9 Å². The van der Waals surface area contributed by atoms with Gasteiger partial charge in [-0.15, -0.1) is 0 Å². The average Bonchev–Trinajstić information content (AvgIpc) is 3.64. The summed E-state index contributed by atoms with van der Waals surface area (Å²) in [5, 5.41) is 14.2. The van der Waals surface area contributed by atoms with Gasteiger partial charge in [-0.25, -0.2) is 4.98 Å². The minimum absolute atomic E-state index is 0.0913. The molecule has 0 bridgehead atoms. The van der Waals surface area contributed by atoms with Crippen molar-refractivity contribution >= 4 is 29.1 Å². The maximum absolute atomic E-state index is 10.2. The highest BCUT2D eigenvalue weighted by Gasteiger charge is 2.41. The number of fused-ring (bicyclic) bond motifs is 1. The van der Waals surface area contributed by atoms with Crippen LogP contribution in [0.2, 0.25) is 5.02 Å². The Morgan fingerprint density at radius 3 is 2.91 bits per heavy atom. The van der Waals surface area contributed by atoms with E-state index in [1.54, 1.807) is 11.8 Å². The van der Waals surface area contributed by atoms with E-state index in [9.17, 15) is 5.11 Å². The number of aromatic nitrogens is 2. The summed E-state index contributed by atoms with van der Waals surface area (Å²) in [6.07, 6.45) is 11.7. The Morgan fingerprint density at radius 1 is 1.26 bits per heavy atom. The largest absolute Gasteiger partial charge is 0.395 e. The molecule has 1 aromatic carbocycles. The Balaban J connectivity index is 1.34. The van der Waals surface area contributed by atoms with Gasteiger partial charge >= 0.3 is 0 Å². The molecule has 1 unspecified atom stereocenters. The molecule has 178 valence electrons. The van der Waals surface area contributed by atoms with Crippen molar-refractivity contribution in [3.05, 3.63) is 63.5 Å². The number of allylic oxidation sites excluding steroid dienone is 3. The van der Waals surface area contributed by atoms with Gasteiger partial charge < -0.3 is 20.2 Å². The van der Waals surface area contributed by atoms with Crippen molar-refractivity contribution in [3.8, 4) is 0 Å². The molecule has 1 fully saturated rings. The van der Waals surface area contributed by atoms with Gasteiger partial charge in [-0.05, 0) is 79.5 Å². The molecule has 6 rings (SSSR count). The monoisotopic (exact) mass is 477 g/mol. The van der Waals surface area contributed by atoms with E-state index in [-0.39, 0.29) is 12.0 Å². The molecule has 0 radical (unpaired) electrons. The van der Waals surface area contributed by atoms with E-state index in [4.69, 9.17) is 16.6 Å². The van der Waals surface area contributed by atoms with Crippen molar-refractivity contribution in [3.63, 3.8) is 0 Å². The molecule has 1 aromatic heterocycles. The van der Waals surface area contributed by atoms with E-state index in [2.05, 4.69) is 58.4 Å². The smallest absolute Gasteiger partial charge is 0.229 e. The summed E-state index contributed by atoms with van der Waals surface area (Å²) in [5.74, 6) is 1.96. The van der Waals surface area contributed by atoms with Crippen molar-refractivity contribution in [2.45, 2.75) is 51.5 Å². The Morgan fingerprint density at radius 2 is 2.12 bits per heavy atom. The molecule has 0 saturated heterocycles. The first-order valence-corrected chi connectivity index (χ1v) is 12.8. The van der Waals surface area contributed by atoms with Crippen LogP contribution < -0.4 is 10.2 Å². The lowest BCUT2D eigenvalue weighted by Crippen LogP contribution is -2.31. The summed E-state index contributed by atoms with van der Waals surface area (Å²) in [5.41, 5.74) is 7.59. The van der Waals surface area contributed by atoms with Crippen LogP contribution in [0.3, 0.4) is 0 Å². The summed E-state index contributed by atoms with van der Waals surface area (Å²) in [4.78, 5) is 14.0. The summed E-state index contributed by atoms with van der Waals surface area (Å²) in [6.45, 7) is 4.96. The van der Waals surface area contributed by atoms with Crippen molar-refractivity contribution in [2.75, 3.05) is 37.0 Å². The Labute approximate surface area is 206 Å². The fourth-order valence-corrected chi connectivity index (χ4v) is 5.99. The number of nitrogens with zero attached hydrogens (tertiary/aromatic N) is 4. The zero-order valence-electron chi connectivity index (χ0n) is 19.9. The minimum atomic E-state index is -0.322. The standard InChI is InChI=1S/C27H32ClN5O/c1-27(16-34)15-33(24-6-4-3-5-22(24)27)25-23(28)13-29-26(31-25)30-19-11-18-14-32(2)10-9-20(18)21(12-19)17-7-8-17/h3,5,11-13,17,34H,4,6-10,14-16H2,1-2H3,(H,29,30,31). The first-order chi connectivity index (χ1) is 16.4. The molecule has 4 aliphatic rings. The molecular formula is C27H32ClN5O. The quantitative estimate of drug-likeness (QED) is 0.620. The molecule has 2 aliphatic heterocycles. The third-order valence-electron chi connectivity index (χ3n) is 7.79. The fraction of sp³-hybridized carbons (Fsp3) is 0.481. The number of rotatable bonds is 5. The third kappa shape index (κ3) is 3.82. The number of halogens is 1. The number of anilines is 3. The molecule has 0 amide bonds. The van der Waals surface area contributed by atoms with Crippen LogP contribution in [0.25, 0.3) is 0 Å². The van der Waals surface area contributed by atoms with Crippen LogP contribution in [0.4, 0.5) is 17.5 Å². The van der Waals surface area contributed by atoms with Crippen LogP contribution in [-0.4, -0.2) is 46.7 Å². The van der Waals surface area contributed by atoms with Gasteiger partial charge in [0.25, 0.3) is 0 Å².